The lowest BCUT2D eigenvalue weighted by Gasteiger charge is -2.08. The molecule has 146 valence electrons. The molecule has 0 saturated carbocycles. The van der Waals surface area contributed by atoms with E-state index in [4.69, 9.17) is 11.6 Å². The Bertz CT molecular complexity index is 1220. The zero-order valence-corrected chi connectivity index (χ0v) is 16.6. The van der Waals surface area contributed by atoms with Crippen LogP contribution in [0.5, 0.6) is 0 Å². The van der Waals surface area contributed by atoms with Crippen LogP contribution in [-0.4, -0.2) is 15.3 Å². The molecule has 7 heteroatoms. The van der Waals surface area contributed by atoms with Crippen LogP contribution in [0.25, 0.3) is 16.8 Å². The van der Waals surface area contributed by atoms with Gasteiger partial charge in [0.2, 0.25) is 6.20 Å². The molecule has 2 heterocycles. The lowest BCUT2D eigenvalue weighted by atomic mass is 10.0. The maximum Gasteiger partial charge on any atom is 0.270 e. The summed E-state index contributed by atoms with van der Waals surface area (Å²) < 4.78 is 2.40. The van der Waals surface area contributed by atoms with E-state index in [2.05, 4.69) is 10.3 Å². The summed E-state index contributed by atoms with van der Waals surface area (Å²) in [5.74, 6) is -0.191. The molecule has 0 radical (unpaired) electrons. The fraction of sp³-hybridized carbons (Fsp3) is 0.136. The minimum absolute atomic E-state index is 0.191. The van der Waals surface area contributed by atoms with E-state index in [9.17, 15) is 9.70 Å². The number of benzene rings is 2. The summed E-state index contributed by atoms with van der Waals surface area (Å²) in [6, 6.07) is 15.7. The van der Waals surface area contributed by atoms with E-state index in [1.165, 1.54) is 12.4 Å². The maximum absolute atomic E-state index is 12.8. The highest BCUT2D eigenvalue weighted by Gasteiger charge is 2.18. The monoisotopic (exact) mass is 407 g/mol. The van der Waals surface area contributed by atoms with Crippen molar-refractivity contribution in [2.45, 2.75) is 19.9 Å². The summed E-state index contributed by atoms with van der Waals surface area (Å²) >= 11 is 5.94. The maximum atomic E-state index is 12.8. The van der Waals surface area contributed by atoms with Crippen LogP contribution in [0.4, 0.5) is 0 Å². The molecular formula is C22H20ClN4O2+. The van der Waals surface area contributed by atoms with Crippen LogP contribution in [0.15, 0.2) is 67.1 Å². The summed E-state index contributed by atoms with van der Waals surface area (Å²) in [6.07, 6.45) is 5.02. The quantitative estimate of drug-likeness (QED) is 0.491. The first kappa shape index (κ1) is 19.0. The van der Waals surface area contributed by atoms with Crippen LogP contribution in [0.1, 0.15) is 28.7 Å². The number of H-pyrrole nitrogens is 1. The van der Waals surface area contributed by atoms with Crippen molar-refractivity contribution in [2.24, 2.45) is 0 Å². The first-order valence-corrected chi connectivity index (χ1v) is 9.71. The van der Waals surface area contributed by atoms with Gasteiger partial charge in [-0.2, -0.15) is 0 Å². The lowest BCUT2D eigenvalue weighted by Crippen LogP contribution is -2.25. The van der Waals surface area contributed by atoms with Crippen molar-refractivity contribution in [2.75, 3.05) is 0 Å². The van der Waals surface area contributed by atoms with E-state index in [0.29, 0.717) is 33.8 Å². The van der Waals surface area contributed by atoms with Crippen molar-refractivity contribution in [3.05, 3.63) is 94.0 Å². The molecule has 29 heavy (non-hydrogen) atoms. The van der Waals surface area contributed by atoms with Gasteiger partial charge in [-0.15, -0.1) is 0 Å². The van der Waals surface area contributed by atoms with E-state index in [-0.39, 0.29) is 5.91 Å². The molecule has 2 aromatic heterocycles. The number of rotatable bonds is 5. The number of amides is 1. The van der Waals surface area contributed by atoms with Gasteiger partial charge in [-0.25, -0.2) is 0 Å². The predicted octanol–water partition coefficient (Wildman–Crippen LogP) is 3.99. The number of hydrogen-bond donors (Lipinski definition) is 2. The summed E-state index contributed by atoms with van der Waals surface area (Å²) in [5.41, 5.74) is 5.05. The Morgan fingerprint density at radius 3 is 2.41 bits per heavy atom. The van der Waals surface area contributed by atoms with Crippen LogP contribution >= 0.6 is 11.6 Å². The van der Waals surface area contributed by atoms with Gasteiger partial charge in [0.05, 0.1) is 10.6 Å². The zero-order valence-electron chi connectivity index (χ0n) is 15.9. The van der Waals surface area contributed by atoms with Crippen molar-refractivity contribution >= 4 is 23.2 Å². The number of imidazole rings is 1. The number of nitrogens with one attached hydrogen (secondary N) is 2. The minimum Gasteiger partial charge on any atom is -0.347 e. The highest BCUT2D eigenvalue weighted by atomic mass is 35.5. The standard InChI is InChI=1S/C22H19ClN4O2/c1-2-19-21(27-12-11-26(29)14-20(27)25-19)22(28)24-13-15-3-5-16(6-4-15)17-7-9-18(23)10-8-17/h3-12,14H,2,13H2,1H3,(H-,24,25,28,29)/p+1. The predicted molar refractivity (Wildman–Crippen MR) is 113 cm³/mol. The van der Waals surface area contributed by atoms with Crippen molar-refractivity contribution in [1.29, 1.82) is 0 Å². The Kier molecular flexibility index (Phi) is 5.18. The Labute approximate surface area is 172 Å². The molecule has 0 bridgehead atoms. The summed E-state index contributed by atoms with van der Waals surface area (Å²) in [7, 11) is 0. The minimum atomic E-state index is -0.191. The fourth-order valence-corrected chi connectivity index (χ4v) is 3.44. The van der Waals surface area contributed by atoms with E-state index < -0.39 is 0 Å². The first-order valence-electron chi connectivity index (χ1n) is 9.33. The Hall–Kier alpha value is -3.38. The second-order valence-electron chi connectivity index (χ2n) is 6.73. The van der Waals surface area contributed by atoms with Gasteiger partial charge in [-0.3, -0.25) is 9.20 Å². The molecule has 0 atom stereocenters. The van der Waals surface area contributed by atoms with Crippen LogP contribution in [0, 0.1) is 4.91 Å². The number of aromatic nitrogens is 3. The van der Waals surface area contributed by atoms with Gasteiger partial charge in [-0.1, -0.05) is 54.9 Å². The summed E-state index contributed by atoms with van der Waals surface area (Å²) in [4.78, 5) is 27.5. The third-order valence-corrected chi connectivity index (χ3v) is 5.08. The number of aromatic amines is 1. The molecule has 0 aliphatic carbocycles. The van der Waals surface area contributed by atoms with E-state index in [1.54, 1.807) is 10.6 Å². The number of nitrogens with zero attached hydrogens (tertiary/aromatic N) is 2. The molecule has 0 saturated heterocycles. The molecule has 0 aliphatic rings. The number of halogens is 1. The number of hydrogen-bond acceptors (Lipinski definition) is 2. The van der Waals surface area contributed by atoms with Gasteiger partial charge in [0, 0.05) is 22.2 Å². The third kappa shape index (κ3) is 3.93. The van der Waals surface area contributed by atoms with Crippen molar-refractivity contribution < 1.29 is 9.22 Å². The van der Waals surface area contributed by atoms with E-state index >= 15 is 0 Å². The van der Waals surface area contributed by atoms with Crippen LogP contribution in [0.2, 0.25) is 5.02 Å². The van der Waals surface area contributed by atoms with E-state index in [0.717, 1.165) is 22.4 Å². The molecule has 2 aromatic carbocycles. The molecular weight excluding hydrogens is 388 g/mol. The first-order chi connectivity index (χ1) is 14.0. The topological polar surface area (TPSA) is 72.3 Å². The molecule has 0 aliphatic heterocycles. The van der Waals surface area contributed by atoms with Gasteiger partial charge < -0.3 is 10.3 Å². The summed E-state index contributed by atoms with van der Waals surface area (Å²) in [6.45, 7) is 2.37. The Balaban J connectivity index is 1.51. The fourth-order valence-electron chi connectivity index (χ4n) is 3.31. The highest BCUT2D eigenvalue weighted by molar-refractivity contribution is 6.30. The SMILES string of the molecule is CCc1[nH]c2c[n+](=O)ccn2c1C(=O)NCc1ccc(-c2ccc(Cl)cc2)cc1. The molecule has 0 unspecified atom stereocenters. The lowest BCUT2D eigenvalue weighted by molar-refractivity contribution is -0.493. The Morgan fingerprint density at radius 2 is 1.76 bits per heavy atom. The molecule has 0 spiro atoms. The second-order valence-corrected chi connectivity index (χ2v) is 7.17. The van der Waals surface area contributed by atoms with Crippen molar-refractivity contribution in [3.63, 3.8) is 0 Å². The van der Waals surface area contributed by atoms with Crippen LogP contribution in [0.3, 0.4) is 0 Å². The average Bonchev–Trinajstić information content (AvgIpc) is 3.10. The van der Waals surface area contributed by atoms with Crippen molar-refractivity contribution in [1.82, 2.24) is 14.7 Å². The molecule has 6 nitrogen and oxygen atoms in total. The van der Waals surface area contributed by atoms with Crippen LogP contribution in [-0.2, 0) is 13.0 Å². The van der Waals surface area contributed by atoms with E-state index in [1.807, 2.05) is 55.5 Å². The van der Waals surface area contributed by atoms with Crippen LogP contribution < -0.4 is 9.74 Å². The molecule has 1 amide bonds. The zero-order chi connectivity index (χ0) is 20.4. The highest BCUT2D eigenvalue weighted by Crippen LogP contribution is 2.22. The summed E-state index contributed by atoms with van der Waals surface area (Å²) in [5, 5.41) is 3.68. The molecule has 2 N–H and O–H groups in total. The number of fused-ring (bicyclic) bond motifs is 1. The van der Waals surface area contributed by atoms with Crippen molar-refractivity contribution in [3.8, 4) is 11.1 Å². The van der Waals surface area contributed by atoms with Gasteiger partial charge in [0.15, 0.2) is 5.65 Å². The average molecular weight is 408 g/mol. The third-order valence-electron chi connectivity index (χ3n) is 4.83. The Morgan fingerprint density at radius 1 is 1.10 bits per heavy atom. The smallest absolute Gasteiger partial charge is 0.270 e. The largest absolute Gasteiger partial charge is 0.347 e. The van der Waals surface area contributed by atoms with Gasteiger partial charge in [-0.05, 0) is 35.2 Å². The normalized spacial score (nSPS) is 11.0. The molecule has 0 fully saturated rings. The molecule has 4 rings (SSSR count). The number of carbonyl (C=O) groups is 1. The second kappa shape index (κ2) is 7.93. The van der Waals surface area contributed by atoms with Gasteiger partial charge >= 0.3 is 0 Å². The van der Waals surface area contributed by atoms with Gasteiger partial charge in [0.25, 0.3) is 12.1 Å². The van der Waals surface area contributed by atoms with Gasteiger partial charge in [0.1, 0.15) is 5.69 Å². The number of aryl methyl sites for hydroxylation is 1. The molecule has 4 aromatic rings. The number of carbonyl (C=O) groups excluding carboxylic acids is 1.